The molecule has 136 valence electrons. The van der Waals surface area contributed by atoms with Gasteiger partial charge in [0.2, 0.25) is 0 Å². The van der Waals surface area contributed by atoms with Gasteiger partial charge in [0.1, 0.15) is 17.6 Å². The molecule has 0 radical (unpaired) electrons. The molecule has 0 aliphatic carbocycles. The van der Waals surface area contributed by atoms with E-state index in [2.05, 4.69) is 15.5 Å². The van der Waals surface area contributed by atoms with Crippen LogP contribution in [0.5, 0.6) is 0 Å². The van der Waals surface area contributed by atoms with Crippen LogP contribution in [0.3, 0.4) is 0 Å². The summed E-state index contributed by atoms with van der Waals surface area (Å²) in [6.45, 7) is 0. The summed E-state index contributed by atoms with van der Waals surface area (Å²) in [7, 11) is 1.91. The number of nitrogens with one attached hydrogen (secondary N) is 1. The first-order valence-electron chi connectivity index (χ1n) is 8.83. The molecule has 1 aliphatic heterocycles. The lowest BCUT2D eigenvalue weighted by Gasteiger charge is -2.19. The minimum atomic E-state index is -0.364. The molecule has 0 fully saturated rings. The Labute approximate surface area is 157 Å². The summed E-state index contributed by atoms with van der Waals surface area (Å²) in [6, 6.07) is 19.2. The molecule has 27 heavy (non-hydrogen) atoms. The second kappa shape index (κ2) is 7.45. The standard InChI is InChI=1S/C21H20N4O2/c1-25-13-12-22-20(25)19(16-10-6-3-7-11-16)23-21(26)17-14-18(27-24-17)15-8-4-2-5-9-15/h2-13,18-19H,14H2,1H3,(H,23,26). The van der Waals surface area contributed by atoms with Crippen LogP contribution in [0.25, 0.3) is 0 Å². The maximum Gasteiger partial charge on any atom is 0.270 e. The molecule has 6 heteroatoms. The van der Waals surface area contributed by atoms with Crippen LogP contribution in [-0.4, -0.2) is 21.2 Å². The van der Waals surface area contributed by atoms with Crippen LogP contribution in [0.4, 0.5) is 0 Å². The molecule has 0 saturated carbocycles. The summed E-state index contributed by atoms with van der Waals surface area (Å²) < 4.78 is 1.90. The number of hydrogen-bond acceptors (Lipinski definition) is 4. The number of benzene rings is 2. The third-order valence-corrected chi connectivity index (χ3v) is 4.63. The van der Waals surface area contributed by atoms with Gasteiger partial charge in [0.25, 0.3) is 5.91 Å². The van der Waals surface area contributed by atoms with E-state index in [0.717, 1.165) is 17.0 Å². The minimum Gasteiger partial charge on any atom is -0.387 e. The van der Waals surface area contributed by atoms with E-state index >= 15 is 0 Å². The number of aryl methyl sites for hydroxylation is 1. The lowest BCUT2D eigenvalue weighted by molar-refractivity contribution is -0.115. The minimum absolute atomic E-state index is 0.227. The van der Waals surface area contributed by atoms with Crippen molar-refractivity contribution in [3.8, 4) is 0 Å². The third kappa shape index (κ3) is 3.60. The van der Waals surface area contributed by atoms with Gasteiger partial charge in [-0.3, -0.25) is 4.79 Å². The first-order valence-corrected chi connectivity index (χ1v) is 8.83. The van der Waals surface area contributed by atoms with Crippen molar-refractivity contribution in [3.05, 3.63) is 90.0 Å². The molecule has 6 nitrogen and oxygen atoms in total. The second-order valence-electron chi connectivity index (χ2n) is 6.46. The number of nitrogens with zero attached hydrogens (tertiary/aromatic N) is 3. The zero-order valence-corrected chi connectivity index (χ0v) is 14.9. The molecule has 0 saturated heterocycles. The molecule has 1 aliphatic rings. The zero-order valence-electron chi connectivity index (χ0n) is 14.9. The molecule has 2 atom stereocenters. The lowest BCUT2D eigenvalue weighted by atomic mass is 10.0. The normalized spacial score (nSPS) is 17.1. The molecule has 1 amide bonds. The molecule has 4 rings (SSSR count). The van der Waals surface area contributed by atoms with Crippen molar-refractivity contribution in [1.82, 2.24) is 14.9 Å². The first kappa shape index (κ1) is 17.0. The highest BCUT2D eigenvalue weighted by atomic mass is 16.6. The van der Waals surface area contributed by atoms with Crippen LogP contribution in [0.2, 0.25) is 0 Å². The Bertz CT molecular complexity index is 951. The Morgan fingerprint density at radius 1 is 1.15 bits per heavy atom. The quantitative estimate of drug-likeness (QED) is 0.760. The summed E-state index contributed by atoms with van der Waals surface area (Å²) in [5.41, 5.74) is 2.35. The van der Waals surface area contributed by atoms with Crippen molar-refractivity contribution >= 4 is 11.6 Å². The van der Waals surface area contributed by atoms with Gasteiger partial charge in [0.05, 0.1) is 0 Å². The second-order valence-corrected chi connectivity index (χ2v) is 6.46. The molecule has 0 bridgehead atoms. The van der Waals surface area contributed by atoms with Gasteiger partial charge < -0.3 is 14.7 Å². The zero-order chi connectivity index (χ0) is 18.6. The van der Waals surface area contributed by atoms with Gasteiger partial charge in [-0.2, -0.15) is 0 Å². The summed E-state index contributed by atoms with van der Waals surface area (Å²) in [4.78, 5) is 22.7. The summed E-state index contributed by atoms with van der Waals surface area (Å²) in [5.74, 6) is 0.513. The Balaban J connectivity index is 1.52. The number of amides is 1. The van der Waals surface area contributed by atoms with Crippen LogP contribution in [0.15, 0.2) is 78.2 Å². The van der Waals surface area contributed by atoms with Crippen LogP contribution in [0, 0.1) is 0 Å². The van der Waals surface area contributed by atoms with E-state index in [1.807, 2.05) is 78.5 Å². The summed E-state index contributed by atoms with van der Waals surface area (Å²) in [6.07, 6.45) is 3.80. The van der Waals surface area contributed by atoms with Gasteiger partial charge in [0.15, 0.2) is 6.10 Å². The maximum absolute atomic E-state index is 12.9. The fraction of sp³-hybridized carbons (Fsp3) is 0.190. The third-order valence-electron chi connectivity index (χ3n) is 4.63. The smallest absolute Gasteiger partial charge is 0.270 e. The van der Waals surface area contributed by atoms with Gasteiger partial charge in [-0.25, -0.2) is 4.98 Å². The molecular formula is C21H20N4O2. The van der Waals surface area contributed by atoms with Crippen LogP contribution >= 0.6 is 0 Å². The molecule has 1 N–H and O–H groups in total. The molecule has 0 spiro atoms. The Morgan fingerprint density at radius 2 is 1.85 bits per heavy atom. The number of oxime groups is 1. The highest BCUT2D eigenvalue weighted by Gasteiger charge is 2.30. The van der Waals surface area contributed by atoms with Gasteiger partial charge in [-0.05, 0) is 11.1 Å². The van der Waals surface area contributed by atoms with Gasteiger partial charge in [0, 0.05) is 25.9 Å². The average molecular weight is 360 g/mol. The van der Waals surface area contributed by atoms with Crippen molar-refractivity contribution in [2.45, 2.75) is 18.6 Å². The SMILES string of the molecule is Cn1ccnc1C(NC(=O)C1=NOC(c2ccccc2)C1)c1ccccc1. The van der Waals surface area contributed by atoms with Gasteiger partial charge in [-0.1, -0.05) is 65.8 Å². The van der Waals surface area contributed by atoms with E-state index in [4.69, 9.17) is 4.84 Å². The molecule has 3 aromatic rings. The largest absolute Gasteiger partial charge is 0.387 e. The number of carbonyl (C=O) groups excluding carboxylic acids is 1. The number of aromatic nitrogens is 2. The average Bonchev–Trinajstić information content (AvgIpc) is 3.37. The first-order chi connectivity index (χ1) is 13.2. The van der Waals surface area contributed by atoms with Crippen molar-refractivity contribution in [1.29, 1.82) is 0 Å². The highest BCUT2D eigenvalue weighted by Crippen LogP contribution is 2.28. The molecule has 1 aromatic heterocycles. The lowest BCUT2D eigenvalue weighted by Crippen LogP contribution is -2.35. The number of rotatable bonds is 5. The number of hydrogen-bond donors (Lipinski definition) is 1. The van der Waals surface area contributed by atoms with Crippen molar-refractivity contribution in [2.75, 3.05) is 0 Å². The van der Waals surface area contributed by atoms with Gasteiger partial charge >= 0.3 is 0 Å². The van der Waals surface area contributed by atoms with E-state index in [1.54, 1.807) is 6.20 Å². The fourth-order valence-corrected chi connectivity index (χ4v) is 3.17. The number of imidazole rings is 1. The van der Waals surface area contributed by atoms with E-state index < -0.39 is 0 Å². The highest BCUT2D eigenvalue weighted by molar-refractivity contribution is 6.39. The predicted octanol–water partition coefficient (Wildman–Crippen LogP) is 3.14. The molecular weight excluding hydrogens is 340 g/mol. The van der Waals surface area contributed by atoms with Crippen molar-refractivity contribution < 1.29 is 9.63 Å². The van der Waals surface area contributed by atoms with E-state index in [1.165, 1.54) is 0 Å². The fourth-order valence-electron chi connectivity index (χ4n) is 3.17. The maximum atomic E-state index is 12.9. The predicted molar refractivity (Wildman–Crippen MR) is 102 cm³/mol. The topological polar surface area (TPSA) is 68.5 Å². The van der Waals surface area contributed by atoms with Crippen LogP contribution in [0.1, 0.15) is 35.5 Å². The van der Waals surface area contributed by atoms with Crippen LogP contribution < -0.4 is 5.32 Å². The summed E-state index contributed by atoms with van der Waals surface area (Å²) in [5, 5.41) is 7.08. The number of carbonyl (C=O) groups is 1. The Hall–Kier alpha value is -3.41. The Morgan fingerprint density at radius 3 is 2.52 bits per heavy atom. The Kier molecular flexibility index (Phi) is 4.70. The van der Waals surface area contributed by atoms with Crippen molar-refractivity contribution in [3.63, 3.8) is 0 Å². The van der Waals surface area contributed by atoms with Crippen LogP contribution in [-0.2, 0) is 16.7 Å². The molecule has 2 heterocycles. The van der Waals surface area contributed by atoms with Gasteiger partial charge in [-0.15, -0.1) is 0 Å². The molecule has 2 unspecified atom stereocenters. The monoisotopic (exact) mass is 360 g/mol. The van der Waals surface area contributed by atoms with E-state index in [9.17, 15) is 4.79 Å². The summed E-state index contributed by atoms with van der Waals surface area (Å²) >= 11 is 0. The molecule has 2 aromatic carbocycles. The van der Waals surface area contributed by atoms with E-state index in [-0.39, 0.29) is 18.1 Å². The van der Waals surface area contributed by atoms with Crippen molar-refractivity contribution in [2.24, 2.45) is 12.2 Å². The van der Waals surface area contributed by atoms with E-state index in [0.29, 0.717) is 12.1 Å².